The summed E-state index contributed by atoms with van der Waals surface area (Å²) in [6, 6.07) is 2.37. The molecule has 0 aliphatic carbocycles. The first kappa shape index (κ1) is 17.6. The zero-order chi connectivity index (χ0) is 17.3. The Labute approximate surface area is 158 Å². The molecule has 1 saturated heterocycles. The second-order valence-corrected chi connectivity index (χ2v) is 9.43. The van der Waals surface area contributed by atoms with Gasteiger partial charge in [-0.2, -0.15) is 16.9 Å². The van der Waals surface area contributed by atoms with Crippen molar-refractivity contribution in [2.75, 3.05) is 31.7 Å². The van der Waals surface area contributed by atoms with Crippen LogP contribution in [-0.4, -0.2) is 46.4 Å². The van der Waals surface area contributed by atoms with Gasteiger partial charge in [0.15, 0.2) is 0 Å². The number of hydrogen-bond donors (Lipinski definition) is 0. The van der Waals surface area contributed by atoms with Gasteiger partial charge in [-0.25, -0.2) is 0 Å². The molecule has 0 radical (unpaired) electrons. The summed E-state index contributed by atoms with van der Waals surface area (Å²) in [5.74, 6) is 1.12. The standard InChI is InChI=1S/C19H27N3OS2/c1-15-11-17-3-9-23-19(18(17)25-15)4-6-21(7-5-19)13-16-12-20-22(14-16)8-10-24-2/h11-12,14H,3-10,13H2,1-2H3. The molecular weight excluding hydrogens is 350 g/mol. The van der Waals surface area contributed by atoms with E-state index in [0.717, 1.165) is 57.8 Å². The Bertz CT molecular complexity index is 716. The maximum atomic E-state index is 6.36. The Morgan fingerprint density at radius 3 is 3.00 bits per heavy atom. The van der Waals surface area contributed by atoms with Crippen LogP contribution in [0.5, 0.6) is 0 Å². The molecule has 0 unspecified atom stereocenters. The van der Waals surface area contributed by atoms with Crippen LogP contribution in [0.25, 0.3) is 0 Å². The van der Waals surface area contributed by atoms with E-state index in [1.54, 1.807) is 0 Å². The summed E-state index contributed by atoms with van der Waals surface area (Å²) in [7, 11) is 0. The van der Waals surface area contributed by atoms with Gasteiger partial charge in [-0.15, -0.1) is 11.3 Å². The lowest BCUT2D eigenvalue weighted by atomic mass is 9.85. The predicted octanol–water partition coefficient (Wildman–Crippen LogP) is 3.68. The number of aromatic nitrogens is 2. The number of thioether (sulfide) groups is 1. The molecule has 2 aromatic rings. The van der Waals surface area contributed by atoms with E-state index in [-0.39, 0.29) is 5.60 Å². The molecule has 4 heterocycles. The van der Waals surface area contributed by atoms with E-state index < -0.39 is 0 Å². The predicted molar refractivity (Wildman–Crippen MR) is 106 cm³/mol. The molecule has 0 atom stereocenters. The van der Waals surface area contributed by atoms with Crippen molar-refractivity contribution in [3.63, 3.8) is 0 Å². The Balaban J connectivity index is 1.38. The van der Waals surface area contributed by atoms with E-state index in [4.69, 9.17) is 4.74 Å². The molecule has 0 bridgehead atoms. The number of aryl methyl sites for hydroxylation is 2. The van der Waals surface area contributed by atoms with E-state index in [9.17, 15) is 0 Å². The van der Waals surface area contributed by atoms with Crippen molar-refractivity contribution in [1.29, 1.82) is 0 Å². The SMILES string of the molecule is CSCCn1cc(CN2CCC3(CC2)OCCc2cc(C)sc23)cn1. The molecular formula is C19H27N3OS2. The fourth-order valence-electron chi connectivity index (χ4n) is 4.06. The molecule has 2 aromatic heterocycles. The minimum Gasteiger partial charge on any atom is -0.369 e. The van der Waals surface area contributed by atoms with Gasteiger partial charge in [0.25, 0.3) is 0 Å². The first-order chi connectivity index (χ1) is 12.2. The molecule has 0 aromatic carbocycles. The average Bonchev–Trinajstić information content (AvgIpc) is 3.22. The Morgan fingerprint density at radius 1 is 1.36 bits per heavy atom. The molecule has 4 rings (SSSR count). The summed E-state index contributed by atoms with van der Waals surface area (Å²) in [4.78, 5) is 5.50. The summed E-state index contributed by atoms with van der Waals surface area (Å²) in [6.07, 6.45) is 9.68. The van der Waals surface area contributed by atoms with Crippen molar-refractivity contribution < 1.29 is 4.74 Å². The molecule has 4 nitrogen and oxygen atoms in total. The van der Waals surface area contributed by atoms with Crippen molar-refractivity contribution in [3.05, 3.63) is 39.3 Å². The van der Waals surface area contributed by atoms with E-state index in [2.05, 4.69) is 40.1 Å². The van der Waals surface area contributed by atoms with Gasteiger partial charge < -0.3 is 4.74 Å². The van der Waals surface area contributed by atoms with Crippen LogP contribution >= 0.6 is 23.1 Å². The normalized spacial score (nSPS) is 20.1. The fourth-order valence-corrected chi connectivity index (χ4v) is 5.69. The number of piperidine rings is 1. The Kier molecular flexibility index (Phi) is 5.23. The molecule has 0 N–H and O–H groups in total. The van der Waals surface area contributed by atoms with Crippen LogP contribution in [0.15, 0.2) is 18.5 Å². The fraction of sp³-hybridized carbons (Fsp3) is 0.632. The van der Waals surface area contributed by atoms with Crippen LogP contribution in [0.4, 0.5) is 0 Å². The molecule has 2 aliphatic heterocycles. The smallest absolute Gasteiger partial charge is 0.105 e. The van der Waals surface area contributed by atoms with Crippen LogP contribution in [0.1, 0.15) is 33.7 Å². The summed E-state index contributed by atoms with van der Waals surface area (Å²) in [5.41, 5.74) is 2.86. The van der Waals surface area contributed by atoms with Crippen molar-refractivity contribution in [3.8, 4) is 0 Å². The Morgan fingerprint density at radius 2 is 2.20 bits per heavy atom. The lowest BCUT2D eigenvalue weighted by Crippen LogP contribution is -2.45. The maximum Gasteiger partial charge on any atom is 0.105 e. The van der Waals surface area contributed by atoms with E-state index in [1.807, 2.05) is 29.3 Å². The highest BCUT2D eigenvalue weighted by molar-refractivity contribution is 7.98. The minimum absolute atomic E-state index is 0.00839. The largest absolute Gasteiger partial charge is 0.369 e. The molecule has 25 heavy (non-hydrogen) atoms. The van der Waals surface area contributed by atoms with E-state index in [1.165, 1.54) is 20.9 Å². The van der Waals surface area contributed by atoms with Gasteiger partial charge in [0.2, 0.25) is 0 Å². The number of nitrogens with zero attached hydrogens (tertiary/aromatic N) is 3. The van der Waals surface area contributed by atoms with Crippen molar-refractivity contribution in [1.82, 2.24) is 14.7 Å². The van der Waals surface area contributed by atoms with E-state index in [0.29, 0.717) is 0 Å². The second kappa shape index (κ2) is 7.43. The summed E-state index contributed by atoms with van der Waals surface area (Å²) < 4.78 is 8.43. The molecule has 0 amide bonds. The third-order valence-corrected chi connectivity index (χ3v) is 7.25. The quantitative estimate of drug-likeness (QED) is 0.795. The van der Waals surface area contributed by atoms with Crippen LogP contribution in [0, 0.1) is 6.92 Å². The molecule has 0 saturated carbocycles. The number of likely N-dealkylation sites (tertiary alicyclic amines) is 1. The zero-order valence-electron chi connectivity index (χ0n) is 15.2. The van der Waals surface area contributed by atoms with Crippen LogP contribution < -0.4 is 0 Å². The summed E-state index contributed by atoms with van der Waals surface area (Å²) >= 11 is 3.82. The summed E-state index contributed by atoms with van der Waals surface area (Å²) in [5, 5.41) is 4.49. The van der Waals surface area contributed by atoms with Crippen molar-refractivity contribution in [2.45, 2.75) is 44.9 Å². The van der Waals surface area contributed by atoms with Gasteiger partial charge in [-0.3, -0.25) is 9.58 Å². The average molecular weight is 378 g/mol. The molecule has 1 fully saturated rings. The number of fused-ring (bicyclic) bond motifs is 2. The maximum absolute atomic E-state index is 6.36. The van der Waals surface area contributed by atoms with Gasteiger partial charge >= 0.3 is 0 Å². The first-order valence-corrected chi connectivity index (χ1v) is 11.4. The van der Waals surface area contributed by atoms with Crippen LogP contribution in [0.3, 0.4) is 0 Å². The number of ether oxygens (including phenoxy) is 1. The second-order valence-electron chi connectivity index (χ2n) is 7.18. The lowest BCUT2D eigenvalue weighted by Gasteiger charge is -2.43. The monoisotopic (exact) mass is 377 g/mol. The molecule has 6 heteroatoms. The van der Waals surface area contributed by atoms with Gasteiger partial charge in [-0.1, -0.05) is 0 Å². The lowest BCUT2D eigenvalue weighted by molar-refractivity contribution is -0.0960. The molecule has 1 spiro atoms. The first-order valence-electron chi connectivity index (χ1n) is 9.15. The third kappa shape index (κ3) is 3.68. The van der Waals surface area contributed by atoms with Crippen molar-refractivity contribution in [2.24, 2.45) is 0 Å². The zero-order valence-corrected chi connectivity index (χ0v) is 16.8. The summed E-state index contributed by atoms with van der Waals surface area (Å²) in [6.45, 7) is 7.31. The van der Waals surface area contributed by atoms with Crippen molar-refractivity contribution >= 4 is 23.1 Å². The number of rotatable bonds is 5. The molecule has 136 valence electrons. The third-order valence-electron chi connectivity index (χ3n) is 5.38. The topological polar surface area (TPSA) is 30.3 Å². The number of hydrogen-bond acceptors (Lipinski definition) is 5. The minimum atomic E-state index is -0.00839. The van der Waals surface area contributed by atoms with Gasteiger partial charge in [0.1, 0.15) is 5.60 Å². The Hall–Kier alpha value is -0.820. The molecule has 2 aliphatic rings. The highest BCUT2D eigenvalue weighted by atomic mass is 32.2. The van der Waals surface area contributed by atoms with Gasteiger partial charge in [0, 0.05) is 53.4 Å². The van der Waals surface area contributed by atoms with E-state index >= 15 is 0 Å². The van der Waals surface area contributed by atoms with Gasteiger partial charge in [0.05, 0.1) is 12.8 Å². The number of thiophene rings is 1. The highest BCUT2D eigenvalue weighted by Gasteiger charge is 2.42. The highest BCUT2D eigenvalue weighted by Crippen LogP contribution is 2.45. The van der Waals surface area contributed by atoms with Crippen LogP contribution in [0.2, 0.25) is 0 Å². The van der Waals surface area contributed by atoms with Gasteiger partial charge in [-0.05, 0) is 44.1 Å². The van der Waals surface area contributed by atoms with Crippen LogP contribution in [-0.2, 0) is 29.8 Å².